The van der Waals surface area contributed by atoms with E-state index in [2.05, 4.69) is 40.9 Å². The molecule has 0 saturated heterocycles. The van der Waals surface area contributed by atoms with Gasteiger partial charge in [0.15, 0.2) is 5.96 Å². The van der Waals surface area contributed by atoms with E-state index >= 15 is 0 Å². The van der Waals surface area contributed by atoms with Crippen LogP contribution in [0.3, 0.4) is 0 Å². The van der Waals surface area contributed by atoms with Crippen LogP contribution in [0.2, 0.25) is 0 Å². The van der Waals surface area contributed by atoms with Gasteiger partial charge in [0.25, 0.3) is 0 Å². The largest absolute Gasteiger partial charge is 0.356 e. The van der Waals surface area contributed by atoms with Gasteiger partial charge in [-0.3, -0.25) is 4.79 Å². The Morgan fingerprint density at radius 3 is 2.64 bits per heavy atom. The summed E-state index contributed by atoms with van der Waals surface area (Å²) < 4.78 is 0. The summed E-state index contributed by atoms with van der Waals surface area (Å²) in [5.74, 6) is 1.36. The van der Waals surface area contributed by atoms with Gasteiger partial charge in [0.05, 0.1) is 6.54 Å². The van der Waals surface area contributed by atoms with Crippen molar-refractivity contribution in [3.8, 4) is 0 Å². The minimum atomic E-state index is 0. The Morgan fingerprint density at radius 1 is 1.32 bits per heavy atom. The average molecular weight is 480 g/mol. The number of thiophene rings is 1. The molecule has 0 spiro atoms. The molecule has 1 amide bonds. The lowest BCUT2D eigenvalue weighted by Crippen LogP contribution is -2.40. The van der Waals surface area contributed by atoms with Crippen LogP contribution in [0.1, 0.15) is 44.4 Å². The smallest absolute Gasteiger partial charge is 0.243 e. The number of rotatable bonds is 10. The summed E-state index contributed by atoms with van der Waals surface area (Å²) in [6, 6.07) is 4.13. The molecule has 1 aromatic heterocycles. The molecule has 0 fully saturated rings. The summed E-state index contributed by atoms with van der Waals surface area (Å²) in [5.41, 5.74) is 0. The highest BCUT2D eigenvalue weighted by molar-refractivity contribution is 14.0. The van der Waals surface area contributed by atoms with E-state index in [1.807, 2.05) is 6.07 Å². The molecule has 0 saturated carbocycles. The zero-order valence-electron chi connectivity index (χ0n) is 15.9. The highest BCUT2D eigenvalue weighted by Gasteiger charge is 2.09. The second-order valence-corrected chi connectivity index (χ2v) is 7.22. The maximum atomic E-state index is 11.8. The Bertz CT molecular complexity index is 491. The van der Waals surface area contributed by atoms with Crippen molar-refractivity contribution in [1.82, 2.24) is 15.5 Å². The fourth-order valence-corrected chi connectivity index (χ4v) is 2.88. The zero-order valence-corrected chi connectivity index (χ0v) is 19.0. The third kappa shape index (κ3) is 10.7. The third-order valence-corrected chi connectivity index (χ3v) is 4.86. The van der Waals surface area contributed by atoms with Crippen molar-refractivity contribution in [3.05, 3.63) is 22.4 Å². The lowest BCUT2D eigenvalue weighted by Gasteiger charge is -2.18. The first kappa shape index (κ1) is 24.2. The molecule has 144 valence electrons. The zero-order chi connectivity index (χ0) is 17.8. The van der Waals surface area contributed by atoms with Crippen molar-refractivity contribution in [3.63, 3.8) is 0 Å². The molecule has 1 atom stereocenters. The van der Waals surface area contributed by atoms with E-state index in [0.29, 0.717) is 11.9 Å². The van der Waals surface area contributed by atoms with Gasteiger partial charge < -0.3 is 15.5 Å². The van der Waals surface area contributed by atoms with Crippen molar-refractivity contribution in [2.75, 3.05) is 27.2 Å². The summed E-state index contributed by atoms with van der Waals surface area (Å²) in [7, 11) is 3.50. The Hall–Kier alpha value is -0.830. The molecule has 1 heterocycles. The lowest BCUT2D eigenvalue weighted by molar-refractivity contribution is -0.127. The molecule has 0 radical (unpaired) electrons. The Kier molecular flexibility index (Phi) is 13.9. The third-order valence-electron chi connectivity index (χ3n) is 3.98. The van der Waals surface area contributed by atoms with Gasteiger partial charge in [-0.25, -0.2) is 4.99 Å². The standard InChI is InChI=1S/C18H32N4OS.HI/c1-5-7-9-15(6-2)12-19-18(21-14-17(23)22(3)4)20-13-16-10-8-11-24-16;/h8,10-11,15H,5-7,9,12-14H2,1-4H3,(H2,19,20,21);1H. The summed E-state index contributed by atoms with van der Waals surface area (Å²) >= 11 is 1.71. The predicted molar refractivity (Wildman–Crippen MR) is 119 cm³/mol. The highest BCUT2D eigenvalue weighted by Crippen LogP contribution is 2.11. The number of hydrogen-bond acceptors (Lipinski definition) is 3. The maximum Gasteiger partial charge on any atom is 0.243 e. The first-order valence-corrected chi connectivity index (χ1v) is 9.69. The molecule has 1 aromatic rings. The van der Waals surface area contributed by atoms with Gasteiger partial charge >= 0.3 is 0 Å². The minimum absolute atomic E-state index is 0. The Labute approximate surface area is 173 Å². The number of unbranched alkanes of at least 4 members (excludes halogenated alkanes) is 1. The van der Waals surface area contributed by atoms with Gasteiger partial charge in [-0.1, -0.05) is 39.2 Å². The van der Waals surface area contributed by atoms with Crippen molar-refractivity contribution < 1.29 is 4.79 Å². The fraction of sp³-hybridized carbons (Fsp3) is 0.667. The second kappa shape index (κ2) is 14.4. The normalized spacial score (nSPS) is 12.2. The summed E-state index contributed by atoms with van der Waals surface area (Å²) in [6.45, 7) is 6.24. The van der Waals surface area contributed by atoms with E-state index in [1.54, 1.807) is 30.3 Å². The van der Waals surface area contributed by atoms with E-state index in [0.717, 1.165) is 19.5 Å². The van der Waals surface area contributed by atoms with E-state index in [4.69, 9.17) is 0 Å². The van der Waals surface area contributed by atoms with Crippen molar-refractivity contribution >= 4 is 47.2 Å². The molecule has 1 unspecified atom stereocenters. The Balaban J connectivity index is 0.00000576. The number of carbonyl (C=O) groups is 1. The number of nitrogens with zero attached hydrogens (tertiary/aromatic N) is 2. The van der Waals surface area contributed by atoms with Crippen molar-refractivity contribution in [1.29, 1.82) is 0 Å². The lowest BCUT2D eigenvalue weighted by atomic mass is 9.99. The maximum absolute atomic E-state index is 11.8. The molecule has 0 aromatic carbocycles. The first-order chi connectivity index (χ1) is 11.6. The molecule has 0 aliphatic rings. The number of amides is 1. The molecule has 5 nitrogen and oxygen atoms in total. The summed E-state index contributed by atoms with van der Waals surface area (Å²) in [4.78, 5) is 19.0. The van der Waals surface area contributed by atoms with Crippen LogP contribution in [0.4, 0.5) is 0 Å². The monoisotopic (exact) mass is 480 g/mol. The van der Waals surface area contributed by atoms with E-state index in [1.165, 1.54) is 24.1 Å². The van der Waals surface area contributed by atoms with Crippen LogP contribution in [0, 0.1) is 5.92 Å². The number of likely N-dealkylation sites (N-methyl/N-ethyl adjacent to an activating group) is 1. The van der Waals surface area contributed by atoms with Gasteiger partial charge in [0, 0.05) is 25.5 Å². The number of aliphatic imine (C=N–C) groups is 1. The van der Waals surface area contributed by atoms with Gasteiger partial charge in [-0.2, -0.15) is 0 Å². The quantitative estimate of drug-likeness (QED) is 0.305. The fourth-order valence-electron chi connectivity index (χ4n) is 2.23. The molecule has 25 heavy (non-hydrogen) atoms. The van der Waals surface area contributed by atoms with Crippen LogP contribution in [-0.2, 0) is 11.3 Å². The number of carbonyl (C=O) groups excluding carboxylic acids is 1. The van der Waals surface area contributed by atoms with Crippen LogP contribution in [0.5, 0.6) is 0 Å². The molecule has 0 aliphatic carbocycles. The van der Waals surface area contributed by atoms with Gasteiger partial charge in [0.2, 0.25) is 5.91 Å². The van der Waals surface area contributed by atoms with E-state index in [-0.39, 0.29) is 36.4 Å². The van der Waals surface area contributed by atoms with Crippen LogP contribution in [0.15, 0.2) is 22.5 Å². The topological polar surface area (TPSA) is 56.7 Å². The summed E-state index contributed by atoms with van der Waals surface area (Å²) in [5, 5.41) is 8.80. The average Bonchev–Trinajstić information content (AvgIpc) is 3.09. The number of halogens is 1. The number of hydrogen-bond donors (Lipinski definition) is 2. The van der Waals surface area contributed by atoms with Crippen LogP contribution in [-0.4, -0.2) is 44.0 Å². The SMILES string of the molecule is CCCCC(CC)CNC(=NCC(=O)N(C)C)NCc1cccs1.I. The molecule has 2 N–H and O–H groups in total. The van der Waals surface area contributed by atoms with Gasteiger partial charge in [0.1, 0.15) is 6.54 Å². The minimum Gasteiger partial charge on any atom is -0.356 e. The predicted octanol–water partition coefficient (Wildman–Crippen LogP) is 3.71. The molecule has 1 rings (SSSR count). The van der Waals surface area contributed by atoms with Crippen molar-refractivity contribution in [2.24, 2.45) is 10.9 Å². The van der Waals surface area contributed by atoms with E-state index in [9.17, 15) is 4.79 Å². The summed E-state index contributed by atoms with van der Waals surface area (Å²) in [6.07, 6.45) is 4.87. The molecular weight excluding hydrogens is 447 g/mol. The number of guanidine groups is 1. The van der Waals surface area contributed by atoms with Crippen LogP contribution < -0.4 is 10.6 Å². The molecular formula is C18H33IN4OS. The Morgan fingerprint density at radius 2 is 2.08 bits per heavy atom. The van der Waals surface area contributed by atoms with Gasteiger partial charge in [-0.15, -0.1) is 35.3 Å². The molecule has 0 bridgehead atoms. The second-order valence-electron chi connectivity index (χ2n) is 6.18. The van der Waals surface area contributed by atoms with Gasteiger partial charge in [-0.05, 0) is 23.8 Å². The van der Waals surface area contributed by atoms with E-state index < -0.39 is 0 Å². The van der Waals surface area contributed by atoms with Crippen molar-refractivity contribution in [2.45, 2.75) is 46.1 Å². The van der Waals surface area contributed by atoms with Crippen LogP contribution in [0.25, 0.3) is 0 Å². The highest BCUT2D eigenvalue weighted by atomic mass is 127. The number of nitrogens with one attached hydrogen (secondary N) is 2. The first-order valence-electron chi connectivity index (χ1n) is 8.81. The molecule has 0 aliphatic heterocycles. The van der Waals surface area contributed by atoms with Crippen LogP contribution >= 0.6 is 35.3 Å². The molecule has 7 heteroatoms.